The number of aliphatic hydroxyl groups excluding tert-OH is 2. The molecule has 3 unspecified atom stereocenters. The first-order valence-corrected chi connectivity index (χ1v) is 27.4. The van der Waals surface area contributed by atoms with E-state index in [2.05, 4.69) is 74.7 Å². The second-order valence-electron chi connectivity index (χ2n) is 18.7. The van der Waals surface area contributed by atoms with Crippen LogP contribution in [0.15, 0.2) is 48.6 Å². The van der Waals surface area contributed by atoms with Gasteiger partial charge in [-0.1, -0.05) is 236 Å². The highest BCUT2D eigenvalue weighted by atomic mass is 16.5. The fraction of sp³-hybridized carbons (Fsp3) is 0.825. The second-order valence-corrected chi connectivity index (χ2v) is 18.7. The first kappa shape index (κ1) is 60.8. The number of unbranched alkanes of at least 4 members (excludes halogenated alkanes) is 31. The molecule has 3 atom stereocenters. The molecule has 0 aromatic heterocycles. The van der Waals surface area contributed by atoms with Crippen LogP contribution in [0, 0.1) is 0 Å². The maximum absolute atomic E-state index is 13.2. The topological polar surface area (TPSA) is 95.9 Å². The first-order valence-electron chi connectivity index (χ1n) is 27.4. The van der Waals surface area contributed by atoms with Gasteiger partial charge in [-0.15, -0.1) is 0 Å². The van der Waals surface area contributed by atoms with Crippen LogP contribution in [0.3, 0.4) is 0 Å². The van der Waals surface area contributed by atoms with E-state index in [1.165, 1.54) is 148 Å². The molecule has 0 radical (unpaired) electrons. The molecular weight excluding hydrogens is 779 g/mol. The Hall–Kier alpha value is -2.18. The van der Waals surface area contributed by atoms with Crippen LogP contribution in [0.4, 0.5) is 0 Å². The van der Waals surface area contributed by atoms with Crippen molar-refractivity contribution in [2.45, 2.75) is 296 Å². The molecule has 0 saturated heterocycles. The van der Waals surface area contributed by atoms with Gasteiger partial charge in [0, 0.05) is 6.42 Å². The Bertz CT molecular complexity index is 1080. The van der Waals surface area contributed by atoms with Gasteiger partial charge in [-0.25, -0.2) is 0 Å². The summed E-state index contributed by atoms with van der Waals surface area (Å²) < 4.78 is 5.94. The van der Waals surface area contributed by atoms with Crippen molar-refractivity contribution in [1.29, 1.82) is 0 Å². The quantitative estimate of drug-likeness (QED) is 0.0245. The van der Waals surface area contributed by atoms with Crippen LogP contribution < -0.4 is 5.32 Å². The lowest BCUT2D eigenvalue weighted by molar-refractivity contribution is -0.151. The molecule has 3 N–H and O–H groups in total. The lowest BCUT2D eigenvalue weighted by Gasteiger charge is -2.24. The predicted octanol–water partition coefficient (Wildman–Crippen LogP) is 16.6. The zero-order valence-corrected chi connectivity index (χ0v) is 42.0. The summed E-state index contributed by atoms with van der Waals surface area (Å²) in [6, 6.07) is -0.708. The smallest absolute Gasteiger partial charge is 0.306 e. The highest BCUT2D eigenvalue weighted by Gasteiger charge is 2.24. The van der Waals surface area contributed by atoms with Crippen molar-refractivity contribution in [2.24, 2.45) is 0 Å². The minimum absolute atomic E-state index is 0.0644. The van der Waals surface area contributed by atoms with Gasteiger partial charge in [0.05, 0.1) is 25.2 Å². The van der Waals surface area contributed by atoms with Crippen LogP contribution in [0.1, 0.15) is 278 Å². The number of rotatable bonds is 49. The Morgan fingerprint density at radius 2 is 0.825 bits per heavy atom. The molecule has 0 aliphatic heterocycles. The van der Waals surface area contributed by atoms with E-state index in [1.54, 1.807) is 0 Å². The highest BCUT2D eigenvalue weighted by molar-refractivity contribution is 5.77. The number of hydrogen-bond donors (Lipinski definition) is 3. The van der Waals surface area contributed by atoms with Crippen LogP contribution in [-0.2, 0) is 14.3 Å². The number of carbonyl (C=O) groups excluding carboxylic acids is 2. The number of esters is 1. The highest BCUT2D eigenvalue weighted by Crippen LogP contribution is 2.18. The number of carbonyl (C=O) groups is 2. The monoisotopic (exact) mass is 884 g/mol. The summed E-state index contributed by atoms with van der Waals surface area (Å²) in [4.78, 5) is 26.2. The van der Waals surface area contributed by atoms with E-state index < -0.39 is 18.2 Å². The van der Waals surface area contributed by atoms with Crippen molar-refractivity contribution in [3.63, 3.8) is 0 Å². The third kappa shape index (κ3) is 46.2. The maximum atomic E-state index is 13.2. The van der Waals surface area contributed by atoms with Gasteiger partial charge in [0.15, 0.2) is 0 Å². The number of nitrogens with one attached hydrogen (secondary N) is 1. The number of hydrogen-bond acceptors (Lipinski definition) is 5. The minimum atomic E-state index is -0.793. The third-order valence-corrected chi connectivity index (χ3v) is 12.4. The van der Waals surface area contributed by atoms with Crippen molar-refractivity contribution in [3.8, 4) is 0 Å². The summed E-state index contributed by atoms with van der Waals surface area (Å²) in [7, 11) is 0. The molecule has 6 nitrogen and oxygen atoms in total. The largest absolute Gasteiger partial charge is 0.462 e. The summed E-state index contributed by atoms with van der Waals surface area (Å²) >= 11 is 0. The van der Waals surface area contributed by atoms with Gasteiger partial charge >= 0.3 is 5.97 Å². The Morgan fingerprint density at radius 1 is 0.460 bits per heavy atom. The molecule has 0 aromatic rings. The number of amides is 1. The standard InChI is InChI=1S/C57H105NO5/c1-4-7-10-13-16-19-22-24-26-27-28-30-32-35-38-41-44-47-50-57(62)63-53(48-45-42-39-36-34-31-29-25-23-20-17-14-11-8-5-2)51-56(61)58-54(52-59)55(60)49-46-43-40-37-33-21-18-15-12-9-6-3/h22,24-30,53-55,59-60H,4-21,23,31-52H2,1-3H3,(H,58,61)/b24-22+,27-26+,29-25+,30-28+. The zero-order chi connectivity index (χ0) is 45.9. The summed E-state index contributed by atoms with van der Waals surface area (Å²) in [6.07, 6.45) is 61.7. The third-order valence-electron chi connectivity index (χ3n) is 12.4. The second kappa shape index (κ2) is 50.8. The van der Waals surface area contributed by atoms with Crippen LogP contribution in [0.25, 0.3) is 0 Å². The van der Waals surface area contributed by atoms with Crippen LogP contribution in [0.5, 0.6) is 0 Å². The van der Waals surface area contributed by atoms with E-state index in [-0.39, 0.29) is 24.9 Å². The molecule has 63 heavy (non-hydrogen) atoms. The Labute approximate surface area is 391 Å². The lowest BCUT2D eigenvalue weighted by atomic mass is 10.0. The number of allylic oxidation sites excluding steroid dienone is 8. The SMILES string of the molecule is CCCCCCC/C=C/C=C/C=C/CCCCCCCC(=O)OC(CCCCCCC/C=C/CCCCCCCC)CC(=O)NC(CO)C(O)CCCCCCCCCCCCC. The Kier molecular flexibility index (Phi) is 49.1. The minimum Gasteiger partial charge on any atom is -0.462 e. The summed E-state index contributed by atoms with van der Waals surface area (Å²) in [5.41, 5.74) is 0. The van der Waals surface area contributed by atoms with Crippen LogP contribution in [-0.4, -0.2) is 46.9 Å². The maximum Gasteiger partial charge on any atom is 0.306 e. The van der Waals surface area contributed by atoms with E-state index in [0.29, 0.717) is 19.3 Å². The van der Waals surface area contributed by atoms with Gasteiger partial charge in [0.25, 0.3) is 0 Å². The molecule has 1 amide bonds. The molecule has 0 saturated carbocycles. The number of aliphatic hydroxyl groups is 2. The van der Waals surface area contributed by atoms with Gasteiger partial charge in [0.1, 0.15) is 6.10 Å². The van der Waals surface area contributed by atoms with Gasteiger partial charge in [0.2, 0.25) is 5.91 Å². The molecule has 0 rings (SSSR count). The van der Waals surface area contributed by atoms with E-state index in [9.17, 15) is 19.8 Å². The average molecular weight is 884 g/mol. The summed E-state index contributed by atoms with van der Waals surface area (Å²) in [6.45, 7) is 6.46. The predicted molar refractivity (Wildman–Crippen MR) is 273 cm³/mol. The van der Waals surface area contributed by atoms with Gasteiger partial charge < -0.3 is 20.3 Å². The van der Waals surface area contributed by atoms with E-state index >= 15 is 0 Å². The van der Waals surface area contributed by atoms with Crippen molar-refractivity contribution >= 4 is 11.9 Å². The molecule has 0 bridgehead atoms. The van der Waals surface area contributed by atoms with Crippen LogP contribution >= 0.6 is 0 Å². The number of ether oxygens (including phenoxy) is 1. The molecule has 368 valence electrons. The van der Waals surface area contributed by atoms with Crippen molar-refractivity contribution in [1.82, 2.24) is 5.32 Å². The molecule has 0 spiro atoms. The molecule has 0 aliphatic carbocycles. The molecule has 0 heterocycles. The summed E-state index contributed by atoms with van der Waals surface area (Å²) in [5, 5.41) is 23.8. The average Bonchev–Trinajstić information content (AvgIpc) is 3.28. The van der Waals surface area contributed by atoms with E-state index in [4.69, 9.17) is 4.74 Å². The fourth-order valence-electron chi connectivity index (χ4n) is 8.25. The molecular formula is C57H105NO5. The van der Waals surface area contributed by atoms with Gasteiger partial charge in [-0.05, 0) is 77.0 Å². The normalized spacial score (nSPS) is 13.5. The van der Waals surface area contributed by atoms with Crippen LogP contribution in [0.2, 0.25) is 0 Å². The molecule has 0 fully saturated rings. The van der Waals surface area contributed by atoms with Crippen molar-refractivity contribution < 1.29 is 24.5 Å². The van der Waals surface area contributed by atoms with E-state index in [0.717, 1.165) is 83.5 Å². The lowest BCUT2D eigenvalue weighted by Crippen LogP contribution is -2.46. The Balaban J connectivity index is 4.61. The van der Waals surface area contributed by atoms with E-state index in [1.807, 2.05) is 0 Å². The van der Waals surface area contributed by atoms with Crippen molar-refractivity contribution in [2.75, 3.05) is 6.61 Å². The molecule has 6 heteroatoms. The molecule has 0 aliphatic rings. The van der Waals surface area contributed by atoms with Crippen molar-refractivity contribution in [3.05, 3.63) is 48.6 Å². The zero-order valence-electron chi connectivity index (χ0n) is 42.0. The first-order chi connectivity index (χ1) is 31.0. The van der Waals surface area contributed by atoms with Gasteiger partial charge in [-0.2, -0.15) is 0 Å². The summed E-state index contributed by atoms with van der Waals surface area (Å²) in [5.74, 6) is -0.497. The van der Waals surface area contributed by atoms with Gasteiger partial charge in [-0.3, -0.25) is 9.59 Å². The Morgan fingerprint density at radius 3 is 1.25 bits per heavy atom. The molecule has 0 aromatic carbocycles. The fourth-order valence-corrected chi connectivity index (χ4v) is 8.25.